The molecule has 0 saturated heterocycles. The van der Waals surface area contributed by atoms with Gasteiger partial charge in [0.15, 0.2) is 5.82 Å². The van der Waals surface area contributed by atoms with Crippen molar-refractivity contribution in [2.75, 3.05) is 13.2 Å². The Balaban J connectivity index is 1.91. The molecule has 0 fully saturated rings. The molecule has 0 radical (unpaired) electrons. The topological polar surface area (TPSA) is 68.4 Å². The maximum absolute atomic E-state index is 10.1. The van der Waals surface area contributed by atoms with Crippen molar-refractivity contribution >= 4 is 10.8 Å². The molecule has 5 nitrogen and oxygen atoms in total. The summed E-state index contributed by atoms with van der Waals surface area (Å²) in [6.45, 7) is 3.16. The van der Waals surface area contributed by atoms with E-state index in [-0.39, 0.29) is 5.75 Å². The van der Waals surface area contributed by atoms with Crippen LogP contribution in [-0.4, -0.2) is 28.5 Å². The van der Waals surface area contributed by atoms with E-state index in [2.05, 4.69) is 10.1 Å². The van der Waals surface area contributed by atoms with Crippen LogP contribution in [0.25, 0.3) is 22.2 Å². The normalized spacial score (nSPS) is 11.1. The van der Waals surface area contributed by atoms with Crippen LogP contribution in [0, 0.1) is 0 Å². The number of hydrogen-bond donors (Lipinski definition) is 1. The van der Waals surface area contributed by atoms with Gasteiger partial charge in [0.25, 0.3) is 5.89 Å². The zero-order valence-electron chi connectivity index (χ0n) is 11.7. The lowest BCUT2D eigenvalue weighted by atomic mass is 10.1. The third-order valence-electron chi connectivity index (χ3n) is 3.24. The van der Waals surface area contributed by atoms with Crippen LogP contribution in [-0.2, 0) is 11.2 Å². The molecule has 108 valence electrons. The van der Waals surface area contributed by atoms with Crippen molar-refractivity contribution in [3.63, 3.8) is 0 Å². The molecule has 0 spiro atoms. The number of ether oxygens (including phenoxy) is 1. The molecular weight excluding hydrogens is 268 g/mol. The van der Waals surface area contributed by atoms with E-state index in [1.165, 1.54) is 0 Å². The minimum Gasteiger partial charge on any atom is -0.507 e. The van der Waals surface area contributed by atoms with Gasteiger partial charge in [-0.1, -0.05) is 29.4 Å². The Morgan fingerprint density at radius 2 is 1.95 bits per heavy atom. The van der Waals surface area contributed by atoms with Crippen molar-refractivity contribution in [3.05, 3.63) is 42.2 Å². The molecule has 21 heavy (non-hydrogen) atoms. The lowest BCUT2D eigenvalue weighted by Gasteiger charge is -2.03. The number of phenols is 1. The van der Waals surface area contributed by atoms with Gasteiger partial charge in [-0.3, -0.25) is 0 Å². The maximum atomic E-state index is 10.1. The molecule has 3 rings (SSSR count). The fraction of sp³-hybridized carbons (Fsp3) is 0.250. The van der Waals surface area contributed by atoms with E-state index in [0.29, 0.717) is 36.9 Å². The second-order valence-electron chi connectivity index (χ2n) is 4.68. The molecule has 0 bridgehead atoms. The number of fused-ring (bicyclic) bond motifs is 1. The SMILES string of the molecule is CCOCCc1noc(-c2cc3ccccc3cc2O)n1. The van der Waals surface area contributed by atoms with Gasteiger partial charge in [-0.15, -0.1) is 0 Å². The van der Waals surface area contributed by atoms with Gasteiger partial charge in [-0.2, -0.15) is 4.98 Å². The lowest BCUT2D eigenvalue weighted by Crippen LogP contribution is -1.99. The maximum Gasteiger partial charge on any atom is 0.261 e. The fourth-order valence-corrected chi connectivity index (χ4v) is 2.17. The zero-order valence-corrected chi connectivity index (χ0v) is 11.7. The van der Waals surface area contributed by atoms with Crippen LogP contribution >= 0.6 is 0 Å². The van der Waals surface area contributed by atoms with Crippen LogP contribution < -0.4 is 0 Å². The Kier molecular flexibility index (Phi) is 3.83. The Labute approximate surface area is 122 Å². The Morgan fingerprint density at radius 1 is 1.19 bits per heavy atom. The van der Waals surface area contributed by atoms with Gasteiger partial charge in [0.05, 0.1) is 12.2 Å². The monoisotopic (exact) mass is 284 g/mol. The summed E-state index contributed by atoms with van der Waals surface area (Å²) >= 11 is 0. The van der Waals surface area contributed by atoms with E-state index in [4.69, 9.17) is 9.26 Å². The van der Waals surface area contributed by atoms with Crippen molar-refractivity contribution < 1.29 is 14.4 Å². The summed E-state index contributed by atoms with van der Waals surface area (Å²) < 4.78 is 10.5. The second kappa shape index (κ2) is 5.93. The third-order valence-corrected chi connectivity index (χ3v) is 3.24. The van der Waals surface area contributed by atoms with Gasteiger partial charge >= 0.3 is 0 Å². The van der Waals surface area contributed by atoms with E-state index in [0.717, 1.165) is 10.8 Å². The summed E-state index contributed by atoms with van der Waals surface area (Å²) in [7, 11) is 0. The fourth-order valence-electron chi connectivity index (χ4n) is 2.17. The van der Waals surface area contributed by atoms with Crippen molar-refractivity contribution in [2.45, 2.75) is 13.3 Å². The quantitative estimate of drug-likeness (QED) is 0.729. The molecule has 0 aliphatic heterocycles. The molecular formula is C16H16N2O3. The minimum absolute atomic E-state index is 0.133. The van der Waals surface area contributed by atoms with Crippen molar-refractivity contribution in [3.8, 4) is 17.2 Å². The predicted octanol–water partition coefficient (Wildman–Crippen LogP) is 3.17. The highest BCUT2D eigenvalue weighted by Crippen LogP contribution is 2.32. The Hall–Kier alpha value is -2.40. The minimum atomic E-state index is 0.133. The van der Waals surface area contributed by atoms with Gasteiger partial charge < -0.3 is 14.4 Å². The smallest absolute Gasteiger partial charge is 0.261 e. The summed E-state index contributed by atoms with van der Waals surface area (Å²) in [5.41, 5.74) is 0.545. The highest BCUT2D eigenvalue weighted by molar-refractivity contribution is 5.89. The predicted molar refractivity (Wildman–Crippen MR) is 79.1 cm³/mol. The number of nitrogens with zero attached hydrogens (tertiary/aromatic N) is 2. The number of hydrogen-bond acceptors (Lipinski definition) is 5. The first-order chi connectivity index (χ1) is 10.3. The molecule has 0 saturated carbocycles. The van der Waals surface area contributed by atoms with E-state index >= 15 is 0 Å². The van der Waals surface area contributed by atoms with Crippen LogP contribution in [0.2, 0.25) is 0 Å². The number of aromatic hydroxyl groups is 1. The van der Waals surface area contributed by atoms with E-state index in [9.17, 15) is 5.11 Å². The standard InChI is InChI=1S/C16H16N2O3/c1-2-20-8-7-15-17-16(21-18-15)13-9-11-5-3-4-6-12(11)10-14(13)19/h3-6,9-10,19H,2,7-8H2,1H3. The molecule has 0 amide bonds. The van der Waals surface area contributed by atoms with Crippen molar-refractivity contribution in [1.29, 1.82) is 0 Å². The number of benzene rings is 2. The van der Waals surface area contributed by atoms with E-state index in [1.807, 2.05) is 37.3 Å². The first kappa shape index (κ1) is 13.6. The molecule has 0 aliphatic carbocycles. The summed E-state index contributed by atoms with van der Waals surface area (Å²) in [5, 5.41) is 16.0. The molecule has 0 aliphatic rings. The van der Waals surface area contributed by atoms with Gasteiger partial charge in [0, 0.05) is 13.0 Å². The summed E-state index contributed by atoms with van der Waals surface area (Å²) in [6.07, 6.45) is 0.589. The lowest BCUT2D eigenvalue weighted by molar-refractivity contribution is 0.149. The van der Waals surface area contributed by atoms with E-state index in [1.54, 1.807) is 6.07 Å². The molecule has 0 unspecified atom stereocenters. The van der Waals surface area contributed by atoms with Crippen molar-refractivity contribution in [2.24, 2.45) is 0 Å². The molecule has 1 heterocycles. The van der Waals surface area contributed by atoms with Crippen molar-refractivity contribution in [1.82, 2.24) is 10.1 Å². The van der Waals surface area contributed by atoms with Gasteiger partial charge in [-0.05, 0) is 29.8 Å². The molecule has 5 heteroatoms. The zero-order chi connectivity index (χ0) is 14.7. The Bertz CT molecular complexity index is 752. The first-order valence-corrected chi connectivity index (χ1v) is 6.90. The molecule has 1 N–H and O–H groups in total. The average Bonchev–Trinajstić information content (AvgIpc) is 2.95. The largest absolute Gasteiger partial charge is 0.507 e. The highest BCUT2D eigenvalue weighted by Gasteiger charge is 2.13. The third kappa shape index (κ3) is 2.87. The van der Waals surface area contributed by atoms with Gasteiger partial charge in [-0.25, -0.2) is 0 Å². The average molecular weight is 284 g/mol. The van der Waals surface area contributed by atoms with Crippen LogP contribution in [0.15, 0.2) is 40.9 Å². The summed E-state index contributed by atoms with van der Waals surface area (Å²) in [4.78, 5) is 4.30. The van der Waals surface area contributed by atoms with Gasteiger partial charge in [0.2, 0.25) is 0 Å². The number of phenolic OH excluding ortho intramolecular Hbond substituents is 1. The second-order valence-corrected chi connectivity index (χ2v) is 4.68. The summed E-state index contributed by atoms with van der Waals surface area (Å²) in [5.74, 6) is 1.03. The molecule has 3 aromatic rings. The van der Waals surface area contributed by atoms with Crippen LogP contribution in [0.3, 0.4) is 0 Å². The van der Waals surface area contributed by atoms with Crippen LogP contribution in [0.5, 0.6) is 5.75 Å². The van der Waals surface area contributed by atoms with Crippen LogP contribution in [0.1, 0.15) is 12.7 Å². The molecule has 2 aromatic carbocycles. The van der Waals surface area contributed by atoms with Crippen LogP contribution in [0.4, 0.5) is 0 Å². The molecule has 0 atom stereocenters. The number of aromatic nitrogens is 2. The summed E-state index contributed by atoms with van der Waals surface area (Å²) in [6, 6.07) is 11.4. The highest BCUT2D eigenvalue weighted by atomic mass is 16.5. The molecule has 1 aromatic heterocycles. The van der Waals surface area contributed by atoms with E-state index < -0.39 is 0 Å². The first-order valence-electron chi connectivity index (χ1n) is 6.90. The van der Waals surface area contributed by atoms with Gasteiger partial charge in [0.1, 0.15) is 5.75 Å². The number of rotatable bonds is 5. The Morgan fingerprint density at radius 3 is 2.71 bits per heavy atom.